The molecule has 6 N–H and O–H groups in total. The zero-order valence-corrected chi connectivity index (χ0v) is 27.4. The number of aromatic hydroxyl groups is 1. The summed E-state index contributed by atoms with van der Waals surface area (Å²) < 4.78 is 12.4. The summed E-state index contributed by atoms with van der Waals surface area (Å²) in [5.74, 6) is 8.19. The van der Waals surface area contributed by atoms with Crippen molar-refractivity contribution in [2.45, 2.75) is 122 Å². The Morgan fingerprint density at radius 1 is 1.18 bits per heavy atom. The SMILES string of the molecule is CN=C(N)NC[C@]1(C2(C)CCCC2)C#C[C@@H]2CCC[C@@H]3C[C@@H](CCN3)Oc3cc(ccc3O)C[C@@H]2[C@H](OC(C)=O)C[C@@H](O)CC1. The van der Waals surface area contributed by atoms with E-state index in [1.165, 1.54) is 19.8 Å². The first kappa shape index (κ1) is 33.4. The number of piperidine rings is 1. The van der Waals surface area contributed by atoms with Gasteiger partial charge in [0.25, 0.3) is 0 Å². The molecule has 4 aliphatic rings. The molecule has 9 nitrogen and oxygen atoms in total. The van der Waals surface area contributed by atoms with Crippen molar-refractivity contribution in [3.05, 3.63) is 23.8 Å². The normalized spacial score (nSPS) is 33.8. The number of hydrogen-bond acceptors (Lipinski definition) is 7. The van der Waals surface area contributed by atoms with Gasteiger partial charge in [0, 0.05) is 44.8 Å². The first-order valence-corrected chi connectivity index (χ1v) is 17.2. The lowest BCUT2D eigenvalue weighted by Gasteiger charge is -2.45. The Bertz CT molecular complexity index is 1270. The summed E-state index contributed by atoms with van der Waals surface area (Å²) in [5.41, 5.74) is 6.73. The molecule has 4 bridgehead atoms. The molecule has 0 unspecified atom stereocenters. The summed E-state index contributed by atoms with van der Waals surface area (Å²) in [6.07, 6.45) is 10.2. The Morgan fingerprint density at radius 2 is 1.98 bits per heavy atom. The number of hydrogen-bond donors (Lipinski definition) is 5. The maximum absolute atomic E-state index is 12.5. The van der Waals surface area contributed by atoms with Crippen LogP contribution in [0.3, 0.4) is 0 Å². The number of nitrogens with two attached hydrogens (primary N) is 1. The molecule has 0 spiro atoms. The number of phenols is 1. The number of aliphatic hydroxyl groups excluding tert-OH is 1. The standard InChI is InChI=1S/C36H54N4O5/c1-24(41)44-32-22-28(42)12-17-36(23-40-34(37)38-3,35(2)14-4-5-15-35)16-11-26-7-6-8-27-21-29(13-18-39-27)45-33-20-25(19-30(26)32)9-10-31(33)43/h9-10,20,26-30,32,39,42-43H,4-8,12-15,17-19,21-23H2,1-3H3,(H3,37,38,40)/t26-,27+,28-,29+,30-,32+,36-/m0/s1. The quantitative estimate of drug-likeness (QED) is 0.144. The average molecular weight is 623 g/mol. The van der Waals surface area contributed by atoms with E-state index in [0.717, 1.165) is 63.5 Å². The number of rotatable bonds is 4. The van der Waals surface area contributed by atoms with Gasteiger partial charge in [-0.05, 0) is 87.4 Å². The monoisotopic (exact) mass is 622 g/mol. The van der Waals surface area contributed by atoms with E-state index in [0.29, 0.717) is 43.6 Å². The molecule has 1 saturated heterocycles. The lowest BCUT2D eigenvalue weighted by atomic mass is 9.60. The average Bonchev–Trinajstić information content (AvgIpc) is 3.47. The van der Waals surface area contributed by atoms with Crippen LogP contribution in [0.5, 0.6) is 11.5 Å². The van der Waals surface area contributed by atoms with E-state index >= 15 is 0 Å². The second-order valence-corrected chi connectivity index (χ2v) is 14.3. The minimum absolute atomic E-state index is 0.0295. The minimum atomic E-state index is -0.650. The van der Waals surface area contributed by atoms with Crippen molar-refractivity contribution in [1.29, 1.82) is 0 Å². The molecule has 1 aromatic carbocycles. The number of benzene rings is 1. The van der Waals surface area contributed by atoms with E-state index in [1.807, 2.05) is 12.1 Å². The van der Waals surface area contributed by atoms with Crippen LogP contribution < -0.4 is 21.1 Å². The van der Waals surface area contributed by atoms with Crippen molar-refractivity contribution in [3.8, 4) is 23.3 Å². The Labute approximate surface area is 269 Å². The Kier molecular flexibility index (Phi) is 10.9. The van der Waals surface area contributed by atoms with Crippen LogP contribution in [0.4, 0.5) is 0 Å². The molecular weight excluding hydrogens is 568 g/mol. The smallest absolute Gasteiger partial charge is 0.302 e. The molecule has 0 aromatic heterocycles. The second kappa shape index (κ2) is 14.6. The number of aliphatic hydroxyl groups is 1. The highest BCUT2D eigenvalue weighted by Gasteiger charge is 2.49. The van der Waals surface area contributed by atoms with E-state index in [2.05, 4.69) is 34.4 Å². The number of carbonyl (C=O) groups is 1. The fraction of sp³-hybridized carbons (Fsp3) is 0.722. The molecule has 0 amide bonds. The number of fused-ring (bicyclic) bond motifs is 5. The molecule has 2 aliphatic carbocycles. The lowest BCUT2D eigenvalue weighted by molar-refractivity contribution is -0.152. The van der Waals surface area contributed by atoms with E-state index in [9.17, 15) is 15.0 Å². The van der Waals surface area contributed by atoms with E-state index < -0.39 is 17.6 Å². The molecule has 1 aromatic rings. The van der Waals surface area contributed by atoms with Crippen molar-refractivity contribution >= 4 is 11.9 Å². The lowest BCUT2D eigenvalue weighted by Crippen LogP contribution is -2.49. The van der Waals surface area contributed by atoms with Gasteiger partial charge < -0.3 is 36.1 Å². The van der Waals surface area contributed by atoms with Crippen LogP contribution in [0.2, 0.25) is 0 Å². The first-order valence-electron chi connectivity index (χ1n) is 17.2. The molecule has 7 atom stereocenters. The maximum atomic E-state index is 12.5. The topological polar surface area (TPSA) is 138 Å². The predicted molar refractivity (Wildman–Crippen MR) is 176 cm³/mol. The highest BCUT2D eigenvalue weighted by Crippen LogP contribution is 2.54. The maximum Gasteiger partial charge on any atom is 0.302 e. The summed E-state index contributed by atoms with van der Waals surface area (Å²) >= 11 is 0. The van der Waals surface area contributed by atoms with Gasteiger partial charge >= 0.3 is 5.97 Å². The molecule has 1 saturated carbocycles. The predicted octanol–water partition coefficient (Wildman–Crippen LogP) is 4.43. The van der Waals surface area contributed by atoms with Gasteiger partial charge in [0.05, 0.1) is 11.5 Å². The fourth-order valence-electron chi connectivity index (χ4n) is 8.40. The molecule has 2 heterocycles. The molecular formula is C36H54N4O5. The van der Waals surface area contributed by atoms with E-state index in [-0.39, 0.29) is 35.1 Å². The molecule has 9 heteroatoms. The largest absolute Gasteiger partial charge is 0.504 e. The van der Waals surface area contributed by atoms with Gasteiger partial charge in [-0.3, -0.25) is 9.79 Å². The number of nitrogens with one attached hydrogen (secondary N) is 2. The van der Waals surface area contributed by atoms with Gasteiger partial charge in [-0.1, -0.05) is 44.1 Å². The van der Waals surface area contributed by atoms with Crippen molar-refractivity contribution in [3.63, 3.8) is 0 Å². The van der Waals surface area contributed by atoms with Crippen molar-refractivity contribution in [2.75, 3.05) is 20.1 Å². The molecule has 2 fully saturated rings. The Hall–Kier alpha value is -2.96. The molecule has 248 valence electrons. The molecule has 2 aliphatic heterocycles. The van der Waals surface area contributed by atoms with Crippen molar-refractivity contribution in [2.24, 2.45) is 33.4 Å². The third-order valence-electron chi connectivity index (χ3n) is 11.2. The van der Waals surface area contributed by atoms with Gasteiger partial charge in [0.2, 0.25) is 0 Å². The van der Waals surface area contributed by atoms with Crippen LogP contribution in [0.1, 0.15) is 96.5 Å². The van der Waals surface area contributed by atoms with Crippen LogP contribution >= 0.6 is 0 Å². The zero-order valence-electron chi connectivity index (χ0n) is 27.4. The molecule has 45 heavy (non-hydrogen) atoms. The zero-order chi connectivity index (χ0) is 32.0. The summed E-state index contributed by atoms with van der Waals surface area (Å²) in [6.45, 7) is 5.26. The van der Waals surface area contributed by atoms with Crippen LogP contribution in [0.25, 0.3) is 0 Å². The highest BCUT2D eigenvalue weighted by molar-refractivity contribution is 5.77. The number of nitrogens with zero attached hydrogens (tertiary/aromatic N) is 1. The van der Waals surface area contributed by atoms with E-state index in [4.69, 9.17) is 15.2 Å². The first-order chi connectivity index (χ1) is 21.6. The van der Waals surface area contributed by atoms with Gasteiger partial charge in [0.15, 0.2) is 17.5 Å². The summed E-state index contributed by atoms with van der Waals surface area (Å²) in [6, 6.07) is 5.90. The van der Waals surface area contributed by atoms with Crippen LogP contribution in [0.15, 0.2) is 23.2 Å². The number of esters is 1. The van der Waals surface area contributed by atoms with Crippen molar-refractivity contribution < 1.29 is 24.5 Å². The summed E-state index contributed by atoms with van der Waals surface area (Å²) in [7, 11) is 1.69. The van der Waals surface area contributed by atoms with E-state index in [1.54, 1.807) is 13.1 Å². The third kappa shape index (κ3) is 8.07. The number of ether oxygens (including phenoxy) is 2. The summed E-state index contributed by atoms with van der Waals surface area (Å²) in [5, 5.41) is 29.3. The van der Waals surface area contributed by atoms with Gasteiger partial charge in [-0.25, -0.2) is 0 Å². The molecule has 5 rings (SSSR count). The third-order valence-corrected chi connectivity index (χ3v) is 11.2. The Morgan fingerprint density at radius 3 is 2.73 bits per heavy atom. The van der Waals surface area contributed by atoms with Gasteiger partial charge in [0.1, 0.15) is 12.2 Å². The van der Waals surface area contributed by atoms with Gasteiger partial charge in [-0.15, -0.1) is 0 Å². The molecule has 0 radical (unpaired) electrons. The van der Waals surface area contributed by atoms with Crippen molar-refractivity contribution in [1.82, 2.24) is 10.6 Å². The number of phenolic OH excluding ortho intramolecular Hbond substituents is 1. The van der Waals surface area contributed by atoms with Crippen LogP contribution in [0, 0.1) is 34.5 Å². The highest BCUT2D eigenvalue weighted by atomic mass is 16.5. The van der Waals surface area contributed by atoms with Crippen LogP contribution in [-0.4, -0.2) is 66.6 Å². The minimum Gasteiger partial charge on any atom is -0.504 e. The number of aliphatic imine (C=N–C) groups is 1. The Balaban J connectivity index is 1.61. The number of carbonyl (C=O) groups excluding carboxylic acids is 1. The summed E-state index contributed by atoms with van der Waals surface area (Å²) in [4.78, 5) is 16.6. The van der Waals surface area contributed by atoms with Crippen LogP contribution in [-0.2, 0) is 16.0 Å². The number of guanidine groups is 1. The second-order valence-electron chi connectivity index (χ2n) is 14.3. The van der Waals surface area contributed by atoms with Gasteiger partial charge in [-0.2, -0.15) is 0 Å². The fourth-order valence-corrected chi connectivity index (χ4v) is 8.40.